The summed E-state index contributed by atoms with van der Waals surface area (Å²) < 4.78 is 11.3. The van der Waals surface area contributed by atoms with E-state index in [0.29, 0.717) is 18.3 Å². The average Bonchev–Trinajstić information content (AvgIpc) is 3.23. The smallest absolute Gasteiger partial charge is 0.338 e. The Morgan fingerprint density at radius 3 is 2.68 bits per heavy atom. The van der Waals surface area contributed by atoms with Gasteiger partial charge in [0.05, 0.1) is 23.9 Å². The normalized spacial score (nSPS) is 26.4. The van der Waals surface area contributed by atoms with Crippen LogP contribution < -0.4 is 0 Å². The zero-order valence-electron chi connectivity index (χ0n) is 13.9. The van der Waals surface area contributed by atoms with E-state index in [1.165, 1.54) is 31.2 Å². The first-order valence-electron chi connectivity index (χ1n) is 8.45. The Labute approximate surface area is 133 Å². The summed E-state index contributed by atoms with van der Waals surface area (Å²) in [7, 11) is 0. The lowest BCUT2D eigenvalue weighted by Crippen LogP contribution is -2.20. The zero-order valence-corrected chi connectivity index (χ0v) is 13.9. The third-order valence-electron chi connectivity index (χ3n) is 5.36. The summed E-state index contributed by atoms with van der Waals surface area (Å²) in [5, 5.41) is 0. The molecule has 2 fully saturated rings. The van der Waals surface area contributed by atoms with Crippen LogP contribution in [0.3, 0.4) is 0 Å². The first kappa shape index (κ1) is 15.5. The van der Waals surface area contributed by atoms with Crippen molar-refractivity contribution in [2.75, 3.05) is 6.61 Å². The van der Waals surface area contributed by atoms with Crippen LogP contribution in [0.4, 0.5) is 0 Å². The fourth-order valence-electron chi connectivity index (χ4n) is 3.66. The Morgan fingerprint density at radius 2 is 2.00 bits per heavy atom. The average molecular weight is 302 g/mol. The van der Waals surface area contributed by atoms with Crippen molar-refractivity contribution < 1.29 is 14.3 Å². The molecule has 1 saturated heterocycles. The molecular weight excluding hydrogens is 276 g/mol. The number of esters is 1. The summed E-state index contributed by atoms with van der Waals surface area (Å²) in [4.78, 5) is 12.1. The lowest BCUT2D eigenvalue weighted by molar-refractivity contribution is 0.0488. The van der Waals surface area contributed by atoms with Crippen molar-refractivity contribution in [2.45, 2.75) is 71.0 Å². The van der Waals surface area contributed by atoms with Gasteiger partial charge in [0.1, 0.15) is 0 Å². The Kier molecular flexibility index (Phi) is 4.26. The molecule has 0 N–H and O–H groups in total. The second-order valence-corrected chi connectivity index (χ2v) is 6.89. The van der Waals surface area contributed by atoms with Crippen LogP contribution >= 0.6 is 0 Å². The molecule has 3 heteroatoms. The molecule has 1 aromatic carbocycles. The fraction of sp³-hybridized carbons (Fsp3) is 0.632. The molecule has 1 aliphatic carbocycles. The highest BCUT2D eigenvalue weighted by molar-refractivity contribution is 5.90. The van der Waals surface area contributed by atoms with Gasteiger partial charge in [-0.1, -0.05) is 12.8 Å². The quantitative estimate of drug-likeness (QED) is 0.463. The molecule has 1 saturated carbocycles. The molecule has 3 nitrogen and oxygen atoms in total. The van der Waals surface area contributed by atoms with Crippen molar-refractivity contribution in [3.8, 4) is 0 Å². The van der Waals surface area contributed by atoms with Crippen molar-refractivity contribution in [1.82, 2.24) is 0 Å². The number of rotatable bonds is 5. The molecule has 2 atom stereocenters. The molecule has 0 spiro atoms. The minimum absolute atomic E-state index is 0.141. The van der Waals surface area contributed by atoms with Crippen molar-refractivity contribution in [1.29, 1.82) is 0 Å². The minimum Gasteiger partial charge on any atom is -0.462 e. The molecule has 0 radical (unpaired) electrons. The summed E-state index contributed by atoms with van der Waals surface area (Å²) in [6.07, 6.45) is 7.37. The highest BCUT2D eigenvalue weighted by Gasteiger charge is 2.56. The van der Waals surface area contributed by atoms with Crippen LogP contribution in [0.5, 0.6) is 0 Å². The largest absolute Gasteiger partial charge is 0.462 e. The van der Waals surface area contributed by atoms with Gasteiger partial charge in [-0.2, -0.15) is 0 Å². The summed E-state index contributed by atoms with van der Waals surface area (Å²) in [6.45, 7) is 6.63. The minimum atomic E-state index is -0.208. The number of aryl methyl sites for hydroxylation is 2. The summed E-state index contributed by atoms with van der Waals surface area (Å²) in [5.41, 5.74) is 4.33. The molecular formula is C19H26O3. The number of epoxide rings is 1. The van der Waals surface area contributed by atoms with Crippen LogP contribution in [0, 0.1) is 20.8 Å². The van der Waals surface area contributed by atoms with Gasteiger partial charge in [-0.3, -0.25) is 0 Å². The predicted molar refractivity (Wildman–Crippen MR) is 86.2 cm³/mol. The maximum atomic E-state index is 12.1. The first-order chi connectivity index (χ1) is 10.5. The van der Waals surface area contributed by atoms with Gasteiger partial charge in [0, 0.05) is 0 Å². The van der Waals surface area contributed by atoms with Crippen molar-refractivity contribution >= 4 is 5.97 Å². The van der Waals surface area contributed by atoms with Gasteiger partial charge < -0.3 is 9.47 Å². The molecule has 3 rings (SSSR count). The van der Waals surface area contributed by atoms with Gasteiger partial charge in [0.15, 0.2) is 0 Å². The van der Waals surface area contributed by atoms with E-state index in [9.17, 15) is 4.79 Å². The number of hydrogen-bond donors (Lipinski definition) is 0. The molecule has 0 amide bonds. The highest BCUT2D eigenvalue weighted by atomic mass is 16.6. The van der Waals surface area contributed by atoms with Gasteiger partial charge in [-0.15, -0.1) is 0 Å². The Balaban J connectivity index is 1.47. The second-order valence-electron chi connectivity index (χ2n) is 6.89. The third kappa shape index (κ3) is 3.05. The number of hydrogen-bond acceptors (Lipinski definition) is 3. The monoisotopic (exact) mass is 302 g/mol. The lowest BCUT2D eigenvalue weighted by Gasteiger charge is -2.16. The number of benzene rings is 1. The Hall–Kier alpha value is -1.35. The molecule has 1 heterocycles. The van der Waals surface area contributed by atoms with Crippen LogP contribution in [-0.4, -0.2) is 24.3 Å². The molecule has 22 heavy (non-hydrogen) atoms. The molecule has 0 aromatic heterocycles. The third-order valence-corrected chi connectivity index (χ3v) is 5.36. The van der Waals surface area contributed by atoms with Crippen LogP contribution in [0.1, 0.15) is 65.6 Å². The Bertz CT molecular complexity index is 555. The van der Waals surface area contributed by atoms with Gasteiger partial charge >= 0.3 is 5.97 Å². The summed E-state index contributed by atoms with van der Waals surface area (Å²) in [5.74, 6) is -0.208. The van der Waals surface area contributed by atoms with Crippen LogP contribution in [-0.2, 0) is 9.47 Å². The number of ether oxygens (including phenoxy) is 2. The maximum Gasteiger partial charge on any atom is 0.338 e. The van der Waals surface area contributed by atoms with Crippen molar-refractivity contribution in [2.24, 2.45) is 0 Å². The zero-order chi connectivity index (χ0) is 15.7. The van der Waals surface area contributed by atoms with Gasteiger partial charge in [0.2, 0.25) is 0 Å². The molecule has 0 bridgehead atoms. The molecule has 1 aliphatic heterocycles. The highest BCUT2D eigenvalue weighted by Crippen LogP contribution is 2.50. The van der Waals surface area contributed by atoms with Crippen LogP contribution in [0.15, 0.2) is 12.1 Å². The SMILES string of the molecule is Cc1cc(C(=O)OCCCC23CCCCC2O3)cc(C)c1C. The maximum absolute atomic E-state index is 12.1. The van der Waals surface area contributed by atoms with Gasteiger partial charge in [-0.25, -0.2) is 4.79 Å². The lowest BCUT2D eigenvalue weighted by atomic mass is 9.86. The second kappa shape index (κ2) is 6.04. The van der Waals surface area contributed by atoms with Crippen molar-refractivity contribution in [3.05, 3.63) is 34.4 Å². The van der Waals surface area contributed by atoms with E-state index >= 15 is 0 Å². The molecule has 1 aromatic rings. The van der Waals surface area contributed by atoms with E-state index < -0.39 is 0 Å². The van der Waals surface area contributed by atoms with Crippen LogP contribution in [0.25, 0.3) is 0 Å². The number of carbonyl (C=O) groups is 1. The summed E-state index contributed by atoms with van der Waals surface area (Å²) in [6, 6.07) is 3.84. The van der Waals surface area contributed by atoms with E-state index in [-0.39, 0.29) is 11.6 Å². The number of carbonyl (C=O) groups excluding carboxylic acids is 1. The molecule has 120 valence electrons. The standard InChI is InChI=1S/C19H26O3/c1-13-11-16(12-14(2)15(13)3)18(20)21-10-6-9-19-8-5-4-7-17(19)22-19/h11-12,17H,4-10H2,1-3H3. The van der Waals surface area contributed by atoms with Crippen LogP contribution in [0.2, 0.25) is 0 Å². The van der Waals surface area contributed by atoms with E-state index in [1.807, 2.05) is 26.0 Å². The van der Waals surface area contributed by atoms with E-state index in [2.05, 4.69) is 6.92 Å². The number of fused-ring (bicyclic) bond motifs is 1. The Morgan fingerprint density at radius 1 is 1.27 bits per heavy atom. The van der Waals surface area contributed by atoms with E-state index in [0.717, 1.165) is 24.0 Å². The molecule has 2 aliphatic rings. The molecule has 2 unspecified atom stereocenters. The van der Waals surface area contributed by atoms with Gasteiger partial charge in [-0.05, 0) is 75.3 Å². The first-order valence-corrected chi connectivity index (χ1v) is 8.45. The topological polar surface area (TPSA) is 38.8 Å². The van der Waals surface area contributed by atoms with Gasteiger partial charge in [0.25, 0.3) is 0 Å². The van der Waals surface area contributed by atoms with E-state index in [1.54, 1.807) is 0 Å². The summed E-state index contributed by atoms with van der Waals surface area (Å²) >= 11 is 0. The van der Waals surface area contributed by atoms with E-state index in [4.69, 9.17) is 9.47 Å². The predicted octanol–water partition coefficient (Wildman–Crippen LogP) is 4.26. The fourth-order valence-corrected chi connectivity index (χ4v) is 3.66. The van der Waals surface area contributed by atoms with Crippen molar-refractivity contribution in [3.63, 3.8) is 0 Å².